The summed E-state index contributed by atoms with van der Waals surface area (Å²) in [5, 5.41) is 1.45. The Morgan fingerprint density at radius 3 is 2.38 bits per heavy atom. The predicted molar refractivity (Wildman–Crippen MR) is 47.0 cm³/mol. The molecular formula is C8H7BrF3N. The van der Waals surface area contributed by atoms with Crippen LogP contribution in [-0.4, -0.2) is 6.30 Å². The molecule has 5 heteroatoms. The highest BCUT2D eigenvalue weighted by molar-refractivity contribution is 9.10. The maximum Gasteiger partial charge on any atom is 0.457 e. The minimum absolute atomic E-state index is 0.217. The van der Waals surface area contributed by atoms with Crippen molar-refractivity contribution in [3.8, 4) is 0 Å². The molecular weight excluding hydrogens is 247 g/mol. The monoisotopic (exact) mass is 253 g/mol. The van der Waals surface area contributed by atoms with E-state index in [1.165, 1.54) is 5.32 Å². The molecule has 0 amide bonds. The average molecular weight is 254 g/mol. The van der Waals surface area contributed by atoms with Crippen molar-refractivity contribution in [2.24, 2.45) is 0 Å². The second kappa shape index (κ2) is 4.11. The van der Waals surface area contributed by atoms with Crippen LogP contribution in [0.25, 0.3) is 0 Å². The zero-order valence-electron chi connectivity index (χ0n) is 6.53. The van der Waals surface area contributed by atoms with Gasteiger partial charge in [0.25, 0.3) is 0 Å². The molecule has 0 saturated heterocycles. The Kier molecular flexibility index (Phi) is 3.33. The lowest BCUT2D eigenvalue weighted by Gasteiger charge is -2.09. The van der Waals surface area contributed by atoms with Crippen molar-refractivity contribution in [2.45, 2.75) is 12.8 Å². The smallest absolute Gasteiger partial charge is 0.224 e. The van der Waals surface area contributed by atoms with Crippen LogP contribution in [0.5, 0.6) is 0 Å². The molecule has 0 spiro atoms. The van der Waals surface area contributed by atoms with E-state index in [1.54, 1.807) is 24.3 Å². The molecule has 1 N–H and O–H groups in total. The van der Waals surface area contributed by atoms with Crippen LogP contribution in [0.3, 0.4) is 0 Å². The van der Waals surface area contributed by atoms with Crippen molar-refractivity contribution in [3.63, 3.8) is 0 Å². The van der Waals surface area contributed by atoms with Crippen molar-refractivity contribution in [3.05, 3.63) is 34.3 Å². The summed E-state index contributed by atoms with van der Waals surface area (Å²) in [5.74, 6) is 0. The fourth-order valence-corrected chi connectivity index (χ4v) is 1.26. The van der Waals surface area contributed by atoms with E-state index in [4.69, 9.17) is 0 Å². The molecule has 0 bridgehead atoms. The Labute approximate surface area is 82.1 Å². The Morgan fingerprint density at radius 2 is 1.85 bits per heavy atom. The minimum atomic E-state index is -4.32. The van der Waals surface area contributed by atoms with Crippen molar-refractivity contribution < 1.29 is 13.2 Å². The first kappa shape index (κ1) is 10.5. The second-order valence-corrected chi connectivity index (χ2v) is 3.30. The maximum atomic E-state index is 11.7. The molecule has 0 aromatic heterocycles. The van der Waals surface area contributed by atoms with Crippen LogP contribution in [-0.2, 0) is 6.54 Å². The molecule has 1 nitrogen and oxygen atoms in total. The second-order valence-electron chi connectivity index (χ2n) is 2.44. The highest BCUT2D eigenvalue weighted by atomic mass is 79.9. The van der Waals surface area contributed by atoms with Crippen LogP contribution in [0, 0.1) is 0 Å². The van der Waals surface area contributed by atoms with Gasteiger partial charge in [0.05, 0.1) is 0 Å². The van der Waals surface area contributed by atoms with Gasteiger partial charge in [-0.05, 0) is 11.6 Å². The Bertz CT molecular complexity index is 285. The van der Waals surface area contributed by atoms with E-state index >= 15 is 0 Å². The quantitative estimate of drug-likeness (QED) is 0.800. The van der Waals surface area contributed by atoms with Crippen LogP contribution in [0.15, 0.2) is 28.7 Å². The topological polar surface area (TPSA) is 12.0 Å². The van der Waals surface area contributed by atoms with E-state index < -0.39 is 6.30 Å². The zero-order valence-corrected chi connectivity index (χ0v) is 8.11. The van der Waals surface area contributed by atoms with Gasteiger partial charge in [0.2, 0.25) is 0 Å². The molecule has 0 fully saturated rings. The lowest BCUT2D eigenvalue weighted by atomic mass is 10.2. The van der Waals surface area contributed by atoms with Gasteiger partial charge in [0.15, 0.2) is 0 Å². The lowest BCUT2D eigenvalue weighted by molar-refractivity contribution is -0.158. The van der Waals surface area contributed by atoms with Gasteiger partial charge >= 0.3 is 6.30 Å². The van der Waals surface area contributed by atoms with Crippen LogP contribution in [0.2, 0.25) is 0 Å². The fraction of sp³-hybridized carbons (Fsp3) is 0.250. The summed E-state index contributed by atoms with van der Waals surface area (Å²) >= 11 is 3.16. The molecule has 0 unspecified atom stereocenters. The molecule has 0 radical (unpaired) electrons. The van der Waals surface area contributed by atoms with E-state index in [-0.39, 0.29) is 6.54 Å². The van der Waals surface area contributed by atoms with Gasteiger partial charge in [-0.1, -0.05) is 34.1 Å². The van der Waals surface area contributed by atoms with Crippen LogP contribution < -0.4 is 5.32 Å². The highest BCUT2D eigenvalue weighted by Gasteiger charge is 2.26. The SMILES string of the molecule is FC(F)(F)NCc1ccccc1Br. The summed E-state index contributed by atoms with van der Waals surface area (Å²) in [7, 11) is 0. The number of nitrogens with one attached hydrogen (secondary N) is 1. The number of hydrogen-bond donors (Lipinski definition) is 1. The molecule has 0 aliphatic carbocycles. The van der Waals surface area contributed by atoms with Gasteiger partial charge in [-0.15, -0.1) is 0 Å². The van der Waals surface area contributed by atoms with E-state index in [2.05, 4.69) is 15.9 Å². The van der Waals surface area contributed by atoms with E-state index in [0.717, 1.165) is 0 Å². The molecule has 0 heterocycles. The molecule has 0 aliphatic heterocycles. The Morgan fingerprint density at radius 1 is 1.23 bits per heavy atom. The van der Waals surface area contributed by atoms with Crippen molar-refractivity contribution >= 4 is 15.9 Å². The fourth-order valence-electron chi connectivity index (χ4n) is 0.837. The van der Waals surface area contributed by atoms with Gasteiger partial charge in [-0.25, -0.2) is 5.32 Å². The average Bonchev–Trinajstić information content (AvgIpc) is 2.01. The van der Waals surface area contributed by atoms with Crippen LogP contribution in [0.1, 0.15) is 5.56 Å². The molecule has 0 aliphatic rings. The molecule has 72 valence electrons. The van der Waals surface area contributed by atoms with Gasteiger partial charge < -0.3 is 0 Å². The number of hydrogen-bond acceptors (Lipinski definition) is 1. The summed E-state index contributed by atoms with van der Waals surface area (Å²) in [6, 6.07) is 6.77. The number of benzene rings is 1. The van der Waals surface area contributed by atoms with Crippen molar-refractivity contribution in [2.75, 3.05) is 0 Å². The van der Waals surface area contributed by atoms with Crippen molar-refractivity contribution in [1.82, 2.24) is 5.32 Å². The normalized spacial score (nSPS) is 11.7. The summed E-state index contributed by atoms with van der Waals surface area (Å²) in [5.41, 5.74) is 0.583. The lowest BCUT2D eigenvalue weighted by Crippen LogP contribution is -2.30. The first-order valence-corrected chi connectivity index (χ1v) is 4.33. The first-order valence-electron chi connectivity index (χ1n) is 3.54. The molecule has 1 rings (SSSR count). The maximum absolute atomic E-state index is 11.7. The number of rotatable bonds is 2. The first-order chi connectivity index (χ1) is 5.99. The zero-order chi connectivity index (χ0) is 9.90. The van der Waals surface area contributed by atoms with Crippen molar-refractivity contribution in [1.29, 1.82) is 0 Å². The van der Waals surface area contributed by atoms with Gasteiger partial charge in [-0.3, -0.25) is 0 Å². The highest BCUT2D eigenvalue weighted by Crippen LogP contribution is 2.17. The third-order valence-electron chi connectivity index (χ3n) is 1.44. The van der Waals surface area contributed by atoms with Gasteiger partial charge in [0, 0.05) is 11.0 Å². The molecule has 1 aromatic rings. The molecule has 13 heavy (non-hydrogen) atoms. The number of alkyl halides is 3. The molecule has 0 atom stereocenters. The predicted octanol–water partition coefficient (Wildman–Crippen LogP) is 3.06. The summed E-state index contributed by atoms with van der Waals surface area (Å²) in [6.45, 7) is -0.217. The Hall–Kier alpha value is -0.550. The molecule has 1 aromatic carbocycles. The third kappa shape index (κ3) is 3.78. The summed E-state index contributed by atoms with van der Waals surface area (Å²) in [4.78, 5) is 0. The molecule has 0 saturated carbocycles. The van der Waals surface area contributed by atoms with E-state index in [1.807, 2.05) is 0 Å². The summed E-state index contributed by atoms with van der Waals surface area (Å²) in [6.07, 6.45) is -4.32. The van der Waals surface area contributed by atoms with E-state index in [9.17, 15) is 13.2 Å². The van der Waals surface area contributed by atoms with Crippen LogP contribution >= 0.6 is 15.9 Å². The van der Waals surface area contributed by atoms with Crippen LogP contribution in [0.4, 0.5) is 13.2 Å². The van der Waals surface area contributed by atoms with Gasteiger partial charge in [0.1, 0.15) is 0 Å². The minimum Gasteiger partial charge on any atom is -0.224 e. The largest absolute Gasteiger partial charge is 0.457 e. The third-order valence-corrected chi connectivity index (χ3v) is 2.21. The standard InChI is InChI=1S/C8H7BrF3N/c9-7-4-2-1-3-6(7)5-13-8(10,11)12/h1-4,13H,5H2. The number of halogens is 4. The van der Waals surface area contributed by atoms with E-state index in [0.29, 0.717) is 10.0 Å². The Balaban J connectivity index is 2.60. The van der Waals surface area contributed by atoms with Gasteiger partial charge in [-0.2, -0.15) is 13.2 Å². The summed E-state index contributed by atoms with van der Waals surface area (Å²) < 4.78 is 35.9.